The monoisotopic (exact) mass is 357 g/mol. The third kappa shape index (κ3) is 3.74. The third-order valence-electron chi connectivity index (χ3n) is 3.65. The summed E-state index contributed by atoms with van der Waals surface area (Å²) in [5, 5.41) is 6.99. The zero-order valence-electron chi connectivity index (χ0n) is 14.7. The summed E-state index contributed by atoms with van der Waals surface area (Å²) in [5.74, 6) is -0.225. The summed E-state index contributed by atoms with van der Waals surface area (Å²) in [6.07, 6.45) is 1.50. The predicted molar refractivity (Wildman–Crippen MR) is 92.4 cm³/mol. The Balaban J connectivity index is 1.84. The molecule has 8 nitrogen and oxygen atoms in total. The number of esters is 1. The number of hydrogen-bond donors (Lipinski definition) is 1. The first-order chi connectivity index (χ1) is 12.5. The second-order valence-corrected chi connectivity index (χ2v) is 6.25. The standard InChI is InChI=1S/C18H19N3O5/c1-10(2)8-19-15(22)9-25-18(23)12-7-13(14-5-4-6-24-14)20-17-16(12)11(3)21-26-17/h4-7,10H,8-9H2,1-3H3,(H,19,22). The Labute approximate surface area is 149 Å². The molecule has 26 heavy (non-hydrogen) atoms. The SMILES string of the molecule is Cc1noc2nc(-c3ccco3)cc(C(=O)OCC(=O)NCC(C)C)c12. The van der Waals surface area contributed by atoms with Crippen molar-refractivity contribution in [2.45, 2.75) is 20.8 Å². The molecule has 0 spiro atoms. The second kappa shape index (κ2) is 7.38. The number of aryl methyl sites for hydroxylation is 1. The number of fused-ring (bicyclic) bond motifs is 1. The van der Waals surface area contributed by atoms with E-state index in [1.807, 2.05) is 13.8 Å². The van der Waals surface area contributed by atoms with Crippen molar-refractivity contribution in [3.8, 4) is 11.5 Å². The van der Waals surface area contributed by atoms with Crippen molar-refractivity contribution in [2.75, 3.05) is 13.2 Å². The van der Waals surface area contributed by atoms with Gasteiger partial charge in [-0.2, -0.15) is 0 Å². The van der Waals surface area contributed by atoms with Gasteiger partial charge in [-0.25, -0.2) is 9.78 Å². The van der Waals surface area contributed by atoms with Gasteiger partial charge >= 0.3 is 5.97 Å². The highest BCUT2D eigenvalue weighted by Gasteiger charge is 2.21. The van der Waals surface area contributed by atoms with Gasteiger partial charge in [-0.05, 0) is 31.0 Å². The second-order valence-electron chi connectivity index (χ2n) is 6.25. The van der Waals surface area contributed by atoms with Crippen LogP contribution in [0.5, 0.6) is 0 Å². The van der Waals surface area contributed by atoms with E-state index in [0.717, 1.165) is 0 Å². The van der Waals surface area contributed by atoms with E-state index in [1.165, 1.54) is 6.26 Å². The Kier molecular flexibility index (Phi) is 5.01. The van der Waals surface area contributed by atoms with Crippen molar-refractivity contribution < 1.29 is 23.3 Å². The van der Waals surface area contributed by atoms with Crippen LogP contribution in [-0.2, 0) is 9.53 Å². The van der Waals surface area contributed by atoms with E-state index in [-0.39, 0.29) is 23.8 Å². The smallest absolute Gasteiger partial charge is 0.339 e. The van der Waals surface area contributed by atoms with Crippen molar-refractivity contribution in [1.82, 2.24) is 15.5 Å². The lowest BCUT2D eigenvalue weighted by Crippen LogP contribution is -2.31. The number of pyridine rings is 1. The van der Waals surface area contributed by atoms with Crippen LogP contribution in [0.3, 0.4) is 0 Å². The first-order valence-corrected chi connectivity index (χ1v) is 8.20. The van der Waals surface area contributed by atoms with Crippen LogP contribution in [0.25, 0.3) is 22.6 Å². The van der Waals surface area contributed by atoms with E-state index in [1.54, 1.807) is 25.1 Å². The zero-order chi connectivity index (χ0) is 18.7. The zero-order valence-corrected chi connectivity index (χ0v) is 14.7. The molecule has 0 aliphatic carbocycles. The number of aromatic nitrogens is 2. The molecule has 0 unspecified atom stereocenters. The van der Waals surface area contributed by atoms with E-state index >= 15 is 0 Å². The van der Waals surface area contributed by atoms with Gasteiger partial charge in [0.1, 0.15) is 5.69 Å². The van der Waals surface area contributed by atoms with Crippen LogP contribution in [0.4, 0.5) is 0 Å². The molecule has 0 bridgehead atoms. The molecule has 0 saturated heterocycles. The van der Waals surface area contributed by atoms with E-state index in [4.69, 9.17) is 13.7 Å². The Morgan fingerprint density at radius 2 is 2.15 bits per heavy atom. The number of hydrogen-bond acceptors (Lipinski definition) is 7. The topological polar surface area (TPSA) is 107 Å². The summed E-state index contributed by atoms with van der Waals surface area (Å²) < 4.78 is 15.6. The van der Waals surface area contributed by atoms with Gasteiger partial charge < -0.3 is 19.0 Å². The molecule has 0 saturated carbocycles. The number of amides is 1. The Bertz CT molecular complexity index is 928. The maximum absolute atomic E-state index is 12.5. The summed E-state index contributed by atoms with van der Waals surface area (Å²) in [4.78, 5) is 28.6. The summed E-state index contributed by atoms with van der Waals surface area (Å²) >= 11 is 0. The number of furan rings is 1. The lowest BCUT2D eigenvalue weighted by atomic mass is 10.1. The van der Waals surface area contributed by atoms with Crippen molar-refractivity contribution in [2.24, 2.45) is 5.92 Å². The molecule has 3 aromatic rings. The third-order valence-corrected chi connectivity index (χ3v) is 3.65. The van der Waals surface area contributed by atoms with Crippen LogP contribution in [0, 0.1) is 12.8 Å². The molecule has 136 valence electrons. The number of ether oxygens (including phenoxy) is 1. The highest BCUT2D eigenvalue weighted by Crippen LogP contribution is 2.27. The van der Waals surface area contributed by atoms with Gasteiger partial charge in [-0.15, -0.1) is 0 Å². The minimum atomic E-state index is -0.656. The van der Waals surface area contributed by atoms with Crippen molar-refractivity contribution in [3.05, 3.63) is 35.7 Å². The van der Waals surface area contributed by atoms with Crippen molar-refractivity contribution >= 4 is 23.0 Å². The molecular weight excluding hydrogens is 338 g/mol. The molecule has 3 aromatic heterocycles. The van der Waals surface area contributed by atoms with Crippen molar-refractivity contribution in [1.29, 1.82) is 0 Å². The molecule has 1 N–H and O–H groups in total. The summed E-state index contributed by atoms with van der Waals surface area (Å²) in [5.41, 5.74) is 1.34. The van der Waals surface area contributed by atoms with Gasteiger partial charge in [0.05, 0.1) is 22.9 Å². The lowest BCUT2D eigenvalue weighted by Gasteiger charge is -2.09. The average molecular weight is 357 g/mol. The van der Waals surface area contributed by atoms with Gasteiger partial charge in [0, 0.05) is 6.54 Å². The first-order valence-electron chi connectivity index (χ1n) is 8.20. The highest BCUT2D eigenvalue weighted by molar-refractivity contribution is 6.04. The normalized spacial score (nSPS) is 11.1. The molecule has 0 radical (unpaired) electrons. The fraction of sp³-hybridized carbons (Fsp3) is 0.333. The van der Waals surface area contributed by atoms with E-state index in [0.29, 0.717) is 35.0 Å². The largest absolute Gasteiger partial charge is 0.463 e. The maximum Gasteiger partial charge on any atom is 0.339 e. The molecule has 0 aliphatic heterocycles. The molecule has 3 rings (SSSR count). The Morgan fingerprint density at radius 3 is 2.85 bits per heavy atom. The van der Waals surface area contributed by atoms with Gasteiger partial charge in [0.25, 0.3) is 11.6 Å². The van der Waals surface area contributed by atoms with Gasteiger partial charge in [-0.3, -0.25) is 4.79 Å². The number of nitrogens with one attached hydrogen (secondary N) is 1. The number of nitrogens with zero attached hydrogens (tertiary/aromatic N) is 2. The Morgan fingerprint density at radius 1 is 1.35 bits per heavy atom. The lowest BCUT2D eigenvalue weighted by molar-refractivity contribution is -0.124. The number of carbonyl (C=O) groups is 2. The summed E-state index contributed by atoms with van der Waals surface area (Å²) in [7, 11) is 0. The van der Waals surface area contributed by atoms with E-state index in [2.05, 4.69) is 15.5 Å². The highest BCUT2D eigenvalue weighted by atomic mass is 16.5. The van der Waals surface area contributed by atoms with E-state index < -0.39 is 5.97 Å². The van der Waals surface area contributed by atoms with Crippen LogP contribution < -0.4 is 5.32 Å². The average Bonchev–Trinajstić information content (AvgIpc) is 3.27. The fourth-order valence-corrected chi connectivity index (χ4v) is 2.38. The Hall–Kier alpha value is -3.16. The van der Waals surface area contributed by atoms with E-state index in [9.17, 15) is 9.59 Å². The van der Waals surface area contributed by atoms with Crippen molar-refractivity contribution in [3.63, 3.8) is 0 Å². The van der Waals surface area contributed by atoms with Gasteiger partial charge in [0.2, 0.25) is 0 Å². The maximum atomic E-state index is 12.5. The quantitative estimate of drug-likeness (QED) is 0.676. The molecule has 8 heteroatoms. The summed E-state index contributed by atoms with van der Waals surface area (Å²) in [6, 6.07) is 4.97. The number of rotatable bonds is 6. The molecule has 0 aromatic carbocycles. The molecule has 3 heterocycles. The predicted octanol–water partition coefficient (Wildman–Crippen LogP) is 2.72. The fourth-order valence-electron chi connectivity index (χ4n) is 2.38. The van der Waals surface area contributed by atoms with Crippen LogP contribution in [0.1, 0.15) is 29.9 Å². The first kappa shape index (κ1) is 17.7. The minimum Gasteiger partial charge on any atom is -0.463 e. The minimum absolute atomic E-state index is 0.201. The molecular formula is C18H19N3O5. The van der Waals surface area contributed by atoms with Crippen LogP contribution >= 0.6 is 0 Å². The molecule has 0 atom stereocenters. The molecule has 1 amide bonds. The van der Waals surface area contributed by atoms with Gasteiger partial charge in [-0.1, -0.05) is 19.0 Å². The van der Waals surface area contributed by atoms with Gasteiger partial charge in [0.15, 0.2) is 12.4 Å². The van der Waals surface area contributed by atoms with Crippen LogP contribution in [-0.4, -0.2) is 35.2 Å². The van der Waals surface area contributed by atoms with Crippen LogP contribution in [0.2, 0.25) is 0 Å². The molecule has 0 fully saturated rings. The van der Waals surface area contributed by atoms with Crippen LogP contribution in [0.15, 0.2) is 33.4 Å². The number of carbonyl (C=O) groups excluding carboxylic acids is 2. The molecule has 0 aliphatic rings. The summed E-state index contributed by atoms with van der Waals surface area (Å²) in [6.45, 7) is 5.81.